The van der Waals surface area contributed by atoms with Crippen LogP contribution in [0.2, 0.25) is 5.35 Å². The molecule has 2 aromatic rings. The van der Waals surface area contributed by atoms with Crippen molar-refractivity contribution >= 4 is 27.5 Å². The molecule has 3 nitrogen and oxygen atoms in total. The number of hydrogen-bond donors (Lipinski definition) is 0. The predicted molar refractivity (Wildman–Crippen MR) is 52.4 cm³/mol. The van der Waals surface area contributed by atoms with Gasteiger partial charge in [-0.1, -0.05) is 33.2 Å². The van der Waals surface area contributed by atoms with Gasteiger partial charge in [0, 0.05) is 10.0 Å². The van der Waals surface area contributed by atoms with Crippen LogP contribution in [-0.4, -0.2) is 10.1 Å². The summed E-state index contributed by atoms with van der Waals surface area (Å²) in [5.74, 6) is 0.484. The molecular weight excluding hydrogens is 255 g/mol. The Kier molecular flexibility index (Phi) is 2.33. The maximum atomic E-state index is 5.51. The molecule has 0 spiro atoms. The highest BCUT2D eigenvalue weighted by Crippen LogP contribution is 2.25. The summed E-state index contributed by atoms with van der Waals surface area (Å²) in [5, 5.41) is 3.75. The van der Waals surface area contributed by atoms with Crippen molar-refractivity contribution in [1.82, 2.24) is 10.1 Å². The lowest BCUT2D eigenvalue weighted by Gasteiger charge is -1.95. The Balaban J connectivity index is 2.52. The number of benzene rings is 1. The van der Waals surface area contributed by atoms with Crippen LogP contribution in [0.1, 0.15) is 0 Å². The summed E-state index contributed by atoms with van der Waals surface area (Å²) in [6.45, 7) is 0. The summed E-state index contributed by atoms with van der Waals surface area (Å²) in [5.41, 5.74) is 0.859. The molecule has 0 atom stereocenters. The summed E-state index contributed by atoms with van der Waals surface area (Å²) >= 11 is 8.88. The number of halogens is 2. The van der Waals surface area contributed by atoms with E-state index in [0.717, 1.165) is 10.0 Å². The number of rotatable bonds is 1. The first-order chi connectivity index (χ1) is 6.27. The van der Waals surface area contributed by atoms with Crippen molar-refractivity contribution in [3.05, 3.63) is 34.1 Å². The van der Waals surface area contributed by atoms with Crippen LogP contribution >= 0.6 is 27.5 Å². The Morgan fingerprint density at radius 2 is 2.08 bits per heavy atom. The summed E-state index contributed by atoms with van der Waals surface area (Å²) in [4.78, 5) is 3.90. The van der Waals surface area contributed by atoms with Gasteiger partial charge in [-0.3, -0.25) is 0 Å². The molecule has 1 heterocycles. The fourth-order valence-corrected chi connectivity index (χ4v) is 1.53. The van der Waals surface area contributed by atoms with Crippen molar-refractivity contribution in [1.29, 1.82) is 0 Å². The molecule has 0 saturated heterocycles. The summed E-state index contributed by atoms with van der Waals surface area (Å²) in [6.07, 6.45) is 0. The molecule has 66 valence electrons. The predicted octanol–water partition coefficient (Wildman–Crippen LogP) is 3.15. The molecule has 0 aliphatic heterocycles. The van der Waals surface area contributed by atoms with Gasteiger partial charge < -0.3 is 4.52 Å². The van der Waals surface area contributed by atoms with E-state index in [9.17, 15) is 0 Å². The molecule has 0 fully saturated rings. The van der Waals surface area contributed by atoms with Crippen LogP contribution in [0.4, 0.5) is 0 Å². The summed E-state index contributed by atoms with van der Waals surface area (Å²) in [7, 11) is 0. The van der Waals surface area contributed by atoms with E-state index in [-0.39, 0.29) is 5.35 Å². The van der Waals surface area contributed by atoms with Crippen molar-refractivity contribution in [2.75, 3.05) is 0 Å². The topological polar surface area (TPSA) is 38.9 Å². The third-order valence-electron chi connectivity index (χ3n) is 1.52. The van der Waals surface area contributed by atoms with E-state index in [1.807, 2.05) is 24.3 Å². The van der Waals surface area contributed by atoms with Gasteiger partial charge in [0.15, 0.2) is 0 Å². The van der Waals surface area contributed by atoms with Crippen molar-refractivity contribution in [2.24, 2.45) is 0 Å². The molecule has 0 saturated carbocycles. The molecule has 1 aromatic heterocycles. The summed E-state index contributed by atoms with van der Waals surface area (Å²) in [6, 6.07) is 7.59. The highest BCUT2D eigenvalue weighted by molar-refractivity contribution is 9.10. The smallest absolute Gasteiger partial charge is 0.320 e. The third-order valence-corrected chi connectivity index (χ3v) is 2.36. The highest BCUT2D eigenvalue weighted by Gasteiger charge is 2.08. The van der Waals surface area contributed by atoms with Crippen LogP contribution in [0, 0.1) is 0 Å². The van der Waals surface area contributed by atoms with Gasteiger partial charge in [-0.15, -0.1) is 0 Å². The van der Waals surface area contributed by atoms with E-state index in [4.69, 9.17) is 11.6 Å². The molecule has 0 aliphatic carbocycles. The normalized spacial score (nSPS) is 10.3. The van der Waals surface area contributed by atoms with E-state index >= 15 is 0 Å². The lowest BCUT2D eigenvalue weighted by molar-refractivity contribution is 0.421. The SMILES string of the molecule is Clc1nc(-c2ccccc2Br)no1. The standard InChI is InChI=1S/C8H4BrClN2O/c9-6-4-2-1-3-5(6)7-11-8(10)13-12-7/h1-4H. The zero-order chi connectivity index (χ0) is 9.26. The molecule has 0 radical (unpaired) electrons. The molecule has 0 unspecified atom stereocenters. The Hall–Kier alpha value is -0.870. The lowest BCUT2D eigenvalue weighted by Crippen LogP contribution is -1.80. The Morgan fingerprint density at radius 3 is 2.69 bits per heavy atom. The Bertz CT molecular complexity index is 430. The minimum absolute atomic E-state index is 0.0470. The van der Waals surface area contributed by atoms with Crippen molar-refractivity contribution in [3.63, 3.8) is 0 Å². The molecule has 0 bridgehead atoms. The third kappa shape index (κ3) is 1.73. The van der Waals surface area contributed by atoms with Crippen LogP contribution in [-0.2, 0) is 0 Å². The minimum atomic E-state index is 0.0470. The number of hydrogen-bond acceptors (Lipinski definition) is 3. The first kappa shape index (κ1) is 8.72. The monoisotopic (exact) mass is 258 g/mol. The van der Waals surface area contributed by atoms with Crippen LogP contribution in [0.15, 0.2) is 33.3 Å². The summed E-state index contributed by atoms with van der Waals surface area (Å²) < 4.78 is 5.57. The maximum absolute atomic E-state index is 5.51. The second-order valence-electron chi connectivity index (χ2n) is 2.35. The minimum Gasteiger partial charge on any atom is -0.321 e. The largest absolute Gasteiger partial charge is 0.321 e. The molecule has 0 amide bonds. The van der Waals surface area contributed by atoms with Crippen LogP contribution in [0.3, 0.4) is 0 Å². The van der Waals surface area contributed by atoms with Crippen LogP contribution in [0.25, 0.3) is 11.4 Å². The fourth-order valence-electron chi connectivity index (χ4n) is 0.957. The molecule has 0 aliphatic rings. The van der Waals surface area contributed by atoms with Crippen LogP contribution in [0.5, 0.6) is 0 Å². The Labute approximate surface area is 87.8 Å². The van der Waals surface area contributed by atoms with Crippen molar-refractivity contribution in [3.8, 4) is 11.4 Å². The van der Waals surface area contributed by atoms with Gasteiger partial charge in [-0.25, -0.2) is 0 Å². The number of aromatic nitrogens is 2. The first-order valence-electron chi connectivity index (χ1n) is 3.51. The molecule has 5 heteroatoms. The van der Waals surface area contributed by atoms with Gasteiger partial charge in [0.25, 0.3) is 0 Å². The van der Waals surface area contributed by atoms with Gasteiger partial charge in [-0.05, 0) is 23.7 Å². The van der Waals surface area contributed by atoms with Crippen molar-refractivity contribution in [2.45, 2.75) is 0 Å². The van der Waals surface area contributed by atoms with Crippen LogP contribution < -0.4 is 0 Å². The van der Waals surface area contributed by atoms with Gasteiger partial charge in [0.1, 0.15) is 0 Å². The van der Waals surface area contributed by atoms with E-state index in [0.29, 0.717) is 5.82 Å². The first-order valence-corrected chi connectivity index (χ1v) is 4.68. The average molecular weight is 259 g/mol. The number of nitrogens with zero attached hydrogens (tertiary/aromatic N) is 2. The van der Waals surface area contributed by atoms with E-state index < -0.39 is 0 Å². The fraction of sp³-hybridized carbons (Fsp3) is 0. The molecule has 0 N–H and O–H groups in total. The molecule has 13 heavy (non-hydrogen) atoms. The highest BCUT2D eigenvalue weighted by atomic mass is 79.9. The van der Waals surface area contributed by atoms with E-state index in [2.05, 4.69) is 30.6 Å². The quantitative estimate of drug-likeness (QED) is 0.790. The van der Waals surface area contributed by atoms with Gasteiger partial charge in [0.05, 0.1) is 0 Å². The zero-order valence-corrected chi connectivity index (χ0v) is 8.71. The molecular formula is C8H4BrClN2O. The Morgan fingerprint density at radius 1 is 1.31 bits per heavy atom. The van der Waals surface area contributed by atoms with Gasteiger partial charge in [0.2, 0.25) is 5.82 Å². The average Bonchev–Trinajstić information content (AvgIpc) is 2.53. The van der Waals surface area contributed by atoms with Crippen molar-refractivity contribution < 1.29 is 4.52 Å². The van der Waals surface area contributed by atoms with Gasteiger partial charge >= 0.3 is 5.35 Å². The second kappa shape index (κ2) is 3.47. The molecule has 2 rings (SSSR count). The maximum Gasteiger partial charge on any atom is 0.320 e. The van der Waals surface area contributed by atoms with E-state index in [1.54, 1.807) is 0 Å². The lowest BCUT2D eigenvalue weighted by atomic mass is 10.2. The zero-order valence-electron chi connectivity index (χ0n) is 6.37. The van der Waals surface area contributed by atoms with E-state index in [1.165, 1.54) is 0 Å². The second-order valence-corrected chi connectivity index (χ2v) is 3.53. The molecule has 1 aromatic carbocycles. The van der Waals surface area contributed by atoms with Gasteiger partial charge in [-0.2, -0.15) is 4.98 Å².